The SMILES string of the molecule is CNCC(C)(O)Cc1cc(OC)ccc1Br. The Morgan fingerprint density at radius 3 is 2.75 bits per heavy atom. The number of methoxy groups -OCH3 is 1. The van der Waals surface area contributed by atoms with E-state index < -0.39 is 5.60 Å². The minimum atomic E-state index is -0.760. The van der Waals surface area contributed by atoms with Crippen molar-refractivity contribution in [3.8, 4) is 5.75 Å². The molecule has 1 atom stereocenters. The second-order valence-electron chi connectivity index (χ2n) is 4.16. The summed E-state index contributed by atoms with van der Waals surface area (Å²) in [6, 6.07) is 5.76. The van der Waals surface area contributed by atoms with Gasteiger partial charge in [-0.1, -0.05) is 15.9 Å². The first kappa shape index (κ1) is 13.5. The zero-order chi connectivity index (χ0) is 12.2. The summed E-state index contributed by atoms with van der Waals surface area (Å²) < 4.78 is 6.16. The highest BCUT2D eigenvalue weighted by Gasteiger charge is 2.21. The summed E-state index contributed by atoms with van der Waals surface area (Å²) in [7, 11) is 3.47. The smallest absolute Gasteiger partial charge is 0.119 e. The standard InChI is InChI=1S/C12H18BrNO2/c1-12(15,8-14-2)7-9-6-10(16-3)4-5-11(9)13/h4-6,14-15H,7-8H2,1-3H3. The Morgan fingerprint density at radius 1 is 1.50 bits per heavy atom. The molecule has 2 N–H and O–H groups in total. The Labute approximate surface area is 105 Å². The molecule has 0 bridgehead atoms. The van der Waals surface area contributed by atoms with E-state index >= 15 is 0 Å². The molecule has 0 saturated heterocycles. The maximum Gasteiger partial charge on any atom is 0.119 e. The molecule has 0 fully saturated rings. The van der Waals surface area contributed by atoms with Gasteiger partial charge in [0, 0.05) is 17.4 Å². The third-order valence-corrected chi connectivity index (χ3v) is 3.16. The first-order valence-corrected chi connectivity index (χ1v) is 5.97. The number of hydrogen-bond acceptors (Lipinski definition) is 3. The van der Waals surface area contributed by atoms with Gasteiger partial charge in [0.25, 0.3) is 0 Å². The molecule has 0 aliphatic rings. The van der Waals surface area contributed by atoms with Crippen LogP contribution in [0, 0.1) is 0 Å². The van der Waals surface area contributed by atoms with Crippen molar-refractivity contribution in [3.63, 3.8) is 0 Å². The lowest BCUT2D eigenvalue weighted by Gasteiger charge is -2.23. The van der Waals surface area contributed by atoms with Crippen LogP contribution in [0.3, 0.4) is 0 Å². The van der Waals surface area contributed by atoms with Crippen LogP contribution >= 0.6 is 15.9 Å². The molecule has 1 unspecified atom stereocenters. The van der Waals surface area contributed by atoms with E-state index in [9.17, 15) is 5.11 Å². The van der Waals surface area contributed by atoms with Gasteiger partial charge in [-0.15, -0.1) is 0 Å². The van der Waals surface area contributed by atoms with Crippen LogP contribution in [-0.2, 0) is 6.42 Å². The van der Waals surface area contributed by atoms with Crippen LogP contribution in [0.15, 0.2) is 22.7 Å². The van der Waals surface area contributed by atoms with Gasteiger partial charge in [-0.05, 0) is 37.7 Å². The number of aliphatic hydroxyl groups is 1. The monoisotopic (exact) mass is 287 g/mol. The fourth-order valence-corrected chi connectivity index (χ4v) is 2.05. The third-order valence-electron chi connectivity index (χ3n) is 2.38. The maximum atomic E-state index is 10.1. The molecule has 16 heavy (non-hydrogen) atoms. The van der Waals surface area contributed by atoms with Gasteiger partial charge in [-0.2, -0.15) is 0 Å². The molecule has 0 aromatic heterocycles. The first-order chi connectivity index (χ1) is 7.48. The maximum absolute atomic E-state index is 10.1. The fourth-order valence-electron chi connectivity index (χ4n) is 1.67. The topological polar surface area (TPSA) is 41.5 Å². The Morgan fingerprint density at radius 2 is 2.19 bits per heavy atom. The van der Waals surface area contributed by atoms with Crippen molar-refractivity contribution in [3.05, 3.63) is 28.2 Å². The van der Waals surface area contributed by atoms with Gasteiger partial charge in [0.1, 0.15) is 5.75 Å². The fraction of sp³-hybridized carbons (Fsp3) is 0.500. The highest BCUT2D eigenvalue weighted by molar-refractivity contribution is 9.10. The van der Waals surface area contributed by atoms with Crippen LogP contribution < -0.4 is 10.1 Å². The Balaban J connectivity index is 2.87. The Hall–Kier alpha value is -0.580. The predicted octanol–water partition coefficient (Wildman–Crippen LogP) is 1.97. The number of benzene rings is 1. The van der Waals surface area contributed by atoms with Crippen molar-refractivity contribution in [1.82, 2.24) is 5.32 Å². The van der Waals surface area contributed by atoms with Crippen LogP contribution in [0.4, 0.5) is 0 Å². The lowest BCUT2D eigenvalue weighted by molar-refractivity contribution is 0.0620. The van der Waals surface area contributed by atoms with Gasteiger partial charge in [0.15, 0.2) is 0 Å². The van der Waals surface area contributed by atoms with Crippen molar-refractivity contribution in [2.75, 3.05) is 20.7 Å². The van der Waals surface area contributed by atoms with Gasteiger partial charge >= 0.3 is 0 Å². The number of hydrogen-bond donors (Lipinski definition) is 2. The van der Waals surface area contributed by atoms with Gasteiger partial charge < -0.3 is 15.2 Å². The summed E-state index contributed by atoms with van der Waals surface area (Å²) in [6.07, 6.45) is 0.575. The van der Waals surface area contributed by atoms with Crippen LogP contribution in [0.25, 0.3) is 0 Å². The number of halogens is 1. The molecule has 3 nitrogen and oxygen atoms in total. The van der Waals surface area contributed by atoms with Crippen molar-refractivity contribution < 1.29 is 9.84 Å². The van der Waals surface area contributed by atoms with E-state index in [1.54, 1.807) is 7.11 Å². The van der Waals surface area contributed by atoms with E-state index in [0.29, 0.717) is 13.0 Å². The molecule has 0 heterocycles. The molecule has 0 spiro atoms. The highest BCUT2D eigenvalue weighted by atomic mass is 79.9. The zero-order valence-electron chi connectivity index (χ0n) is 9.88. The minimum Gasteiger partial charge on any atom is -0.497 e. The highest BCUT2D eigenvalue weighted by Crippen LogP contribution is 2.25. The van der Waals surface area contributed by atoms with Crippen LogP contribution in [0.5, 0.6) is 5.75 Å². The van der Waals surface area contributed by atoms with E-state index in [0.717, 1.165) is 15.8 Å². The molecule has 0 aliphatic carbocycles. The molecule has 0 amide bonds. The van der Waals surface area contributed by atoms with Crippen LogP contribution in [0.1, 0.15) is 12.5 Å². The largest absolute Gasteiger partial charge is 0.497 e. The molecular formula is C12H18BrNO2. The average Bonchev–Trinajstić information content (AvgIpc) is 2.21. The average molecular weight is 288 g/mol. The van der Waals surface area contributed by atoms with Crippen molar-refractivity contribution in [2.45, 2.75) is 18.9 Å². The Bertz CT molecular complexity index is 353. The van der Waals surface area contributed by atoms with E-state index in [2.05, 4.69) is 21.2 Å². The number of rotatable bonds is 5. The lowest BCUT2D eigenvalue weighted by Crippen LogP contribution is -2.38. The summed E-state index contributed by atoms with van der Waals surface area (Å²) >= 11 is 3.48. The summed E-state index contributed by atoms with van der Waals surface area (Å²) in [5, 5.41) is 13.1. The molecule has 4 heteroatoms. The predicted molar refractivity (Wildman–Crippen MR) is 68.9 cm³/mol. The van der Waals surface area contributed by atoms with Gasteiger partial charge in [0.05, 0.1) is 12.7 Å². The summed E-state index contributed by atoms with van der Waals surface area (Å²) in [5.41, 5.74) is 0.281. The van der Waals surface area contributed by atoms with E-state index in [1.165, 1.54) is 0 Å². The quantitative estimate of drug-likeness (QED) is 0.870. The van der Waals surface area contributed by atoms with Crippen LogP contribution in [0.2, 0.25) is 0 Å². The first-order valence-electron chi connectivity index (χ1n) is 5.18. The zero-order valence-corrected chi connectivity index (χ0v) is 11.5. The van der Waals surface area contributed by atoms with Crippen molar-refractivity contribution in [1.29, 1.82) is 0 Å². The normalized spacial score (nSPS) is 14.6. The summed E-state index contributed by atoms with van der Waals surface area (Å²) in [5.74, 6) is 0.804. The minimum absolute atomic E-state index is 0.552. The van der Waals surface area contributed by atoms with E-state index in [1.807, 2.05) is 32.2 Å². The number of likely N-dealkylation sites (N-methyl/N-ethyl adjacent to an activating group) is 1. The van der Waals surface area contributed by atoms with Gasteiger partial charge in [-0.3, -0.25) is 0 Å². The number of nitrogens with one attached hydrogen (secondary N) is 1. The molecule has 0 radical (unpaired) electrons. The second-order valence-corrected chi connectivity index (χ2v) is 5.02. The molecule has 1 aromatic carbocycles. The van der Waals surface area contributed by atoms with Crippen molar-refractivity contribution >= 4 is 15.9 Å². The Kier molecular flexibility index (Phi) is 4.77. The summed E-state index contributed by atoms with van der Waals surface area (Å²) in [6.45, 7) is 2.37. The second kappa shape index (κ2) is 5.66. The third kappa shape index (κ3) is 3.77. The van der Waals surface area contributed by atoms with Crippen molar-refractivity contribution in [2.24, 2.45) is 0 Å². The van der Waals surface area contributed by atoms with Gasteiger partial charge in [-0.25, -0.2) is 0 Å². The van der Waals surface area contributed by atoms with E-state index in [4.69, 9.17) is 4.74 Å². The molecule has 0 aliphatic heterocycles. The molecule has 90 valence electrons. The summed E-state index contributed by atoms with van der Waals surface area (Å²) in [4.78, 5) is 0. The molecule has 1 rings (SSSR count). The molecule has 0 saturated carbocycles. The van der Waals surface area contributed by atoms with Gasteiger partial charge in [0.2, 0.25) is 0 Å². The van der Waals surface area contributed by atoms with E-state index in [-0.39, 0.29) is 0 Å². The lowest BCUT2D eigenvalue weighted by atomic mass is 9.96. The number of ether oxygens (including phenoxy) is 1. The van der Waals surface area contributed by atoms with Crippen LogP contribution in [-0.4, -0.2) is 31.4 Å². The molecule has 1 aromatic rings. The molecular weight excluding hydrogens is 270 g/mol.